The van der Waals surface area contributed by atoms with Crippen molar-refractivity contribution in [1.82, 2.24) is 9.88 Å². The van der Waals surface area contributed by atoms with Crippen LogP contribution in [0.3, 0.4) is 0 Å². The van der Waals surface area contributed by atoms with E-state index in [4.69, 9.17) is 9.72 Å². The molecule has 2 rings (SSSR count). The maximum atomic E-state index is 9.28. The summed E-state index contributed by atoms with van der Waals surface area (Å²) in [6.45, 7) is 10.9. The fraction of sp³-hybridized carbons (Fsp3) is 0.722. The molecule has 1 aliphatic rings. The van der Waals surface area contributed by atoms with Crippen molar-refractivity contribution in [2.24, 2.45) is 0 Å². The normalized spacial score (nSPS) is 18.5. The molecule has 1 aliphatic heterocycles. The van der Waals surface area contributed by atoms with E-state index in [2.05, 4.69) is 37.8 Å². The second-order valence-electron chi connectivity index (χ2n) is 6.49. The maximum absolute atomic E-state index is 9.28. The lowest BCUT2D eigenvalue weighted by Crippen LogP contribution is -2.28. The van der Waals surface area contributed by atoms with Crippen molar-refractivity contribution in [2.75, 3.05) is 32.9 Å². The standard InChI is InChI=1S/C18H30N2O2/c1-4-8-20(9-10-21)12-18-16(15-7-11-22-13-15)5-6-17(19-18)14(2)3/h5-6,14-15,21H,4,7-13H2,1-3H3/t15-/m0/s1. The zero-order chi connectivity index (χ0) is 15.9. The van der Waals surface area contributed by atoms with Crippen molar-refractivity contribution in [3.63, 3.8) is 0 Å². The minimum Gasteiger partial charge on any atom is -0.395 e. The molecule has 0 spiro atoms. The highest BCUT2D eigenvalue weighted by atomic mass is 16.5. The number of rotatable bonds is 8. The van der Waals surface area contributed by atoms with Crippen molar-refractivity contribution in [1.29, 1.82) is 0 Å². The van der Waals surface area contributed by atoms with Crippen LogP contribution >= 0.6 is 0 Å². The summed E-state index contributed by atoms with van der Waals surface area (Å²) in [7, 11) is 0. The largest absolute Gasteiger partial charge is 0.395 e. The number of hydrogen-bond donors (Lipinski definition) is 1. The van der Waals surface area contributed by atoms with Gasteiger partial charge < -0.3 is 9.84 Å². The first-order valence-electron chi connectivity index (χ1n) is 8.56. The topological polar surface area (TPSA) is 45.6 Å². The predicted molar refractivity (Wildman–Crippen MR) is 89.2 cm³/mol. The molecule has 124 valence electrons. The van der Waals surface area contributed by atoms with Crippen LogP contribution in [0.15, 0.2) is 12.1 Å². The minimum atomic E-state index is 0.200. The first-order chi connectivity index (χ1) is 10.7. The molecular formula is C18H30N2O2. The van der Waals surface area contributed by atoms with E-state index in [0.29, 0.717) is 18.4 Å². The number of aromatic nitrogens is 1. The van der Waals surface area contributed by atoms with Gasteiger partial charge in [-0.2, -0.15) is 0 Å². The number of aliphatic hydroxyl groups is 1. The molecule has 1 aromatic heterocycles. The molecule has 22 heavy (non-hydrogen) atoms. The van der Waals surface area contributed by atoms with E-state index in [0.717, 1.165) is 44.8 Å². The highest BCUT2D eigenvalue weighted by Gasteiger charge is 2.23. The zero-order valence-corrected chi connectivity index (χ0v) is 14.2. The summed E-state index contributed by atoms with van der Waals surface area (Å²) in [5.74, 6) is 0.909. The van der Waals surface area contributed by atoms with Crippen molar-refractivity contribution in [3.05, 3.63) is 29.1 Å². The molecule has 2 heterocycles. The molecule has 1 aromatic rings. The van der Waals surface area contributed by atoms with Crippen LogP contribution in [-0.2, 0) is 11.3 Å². The molecule has 0 radical (unpaired) electrons. The quantitative estimate of drug-likeness (QED) is 0.802. The van der Waals surface area contributed by atoms with Gasteiger partial charge in [0.05, 0.1) is 18.9 Å². The third kappa shape index (κ3) is 4.51. The molecule has 1 fully saturated rings. The Labute approximate surface area is 134 Å². The van der Waals surface area contributed by atoms with E-state index in [1.807, 2.05) is 0 Å². The smallest absolute Gasteiger partial charge is 0.0583 e. The molecule has 0 bridgehead atoms. The lowest BCUT2D eigenvalue weighted by Gasteiger charge is -2.23. The van der Waals surface area contributed by atoms with E-state index >= 15 is 0 Å². The minimum absolute atomic E-state index is 0.200. The van der Waals surface area contributed by atoms with Crippen LogP contribution in [0.4, 0.5) is 0 Å². The van der Waals surface area contributed by atoms with Gasteiger partial charge in [-0.1, -0.05) is 26.8 Å². The highest BCUT2D eigenvalue weighted by molar-refractivity contribution is 5.28. The Balaban J connectivity index is 2.25. The molecule has 1 saturated heterocycles. The number of aliphatic hydroxyl groups excluding tert-OH is 1. The fourth-order valence-electron chi connectivity index (χ4n) is 3.07. The summed E-state index contributed by atoms with van der Waals surface area (Å²) >= 11 is 0. The van der Waals surface area contributed by atoms with Crippen molar-refractivity contribution >= 4 is 0 Å². The van der Waals surface area contributed by atoms with E-state index in [1.165, 1.54) is 11.3 Å². The average molecular weight is 306 g/mol. The molecular weight excluding hydrogens is 276 g/mol. The van der Waals surface area contributed by atoms with Gasteiger partial charge in [0, 0.05) is 31.3 Å². The van der Waals surface area contributed by atoms with Crippen molar-refractivity contribution in [2.45, 2.75) is 52.0 Å². The third-order valence-corrected chi connectivity index (χ3v) is 4.32. The first-order valence-corrected chi connectivity index (χ1v) is 8.56. The van der Waals surface area contributed by atoms with Gasteiger partial charge in [0.2, 0.25) is 0 Å². The van der Waals surface area contributed by atoms with Gasteiger partial charge in [-0.05, 0) is 36.9 Å². The highest BCUT2D eigenvalue weighted by Crippen LogP contribution is 2.29. The van der Waals surface area contributed by atoms with Crippen LogP contribution in [0.25, 0.3) is 0 Å². The number of nitrogens with zero attached hydrogens (tertiary/aromatic N) is 2. The Bertz CT molecular complexity index is 450. The predicted octanol–water partition coefficient (Wildman–Crippen LogP) is 2.91. The van der Waals surface area contributed by atoms with Crippen LogP contribution in [-0.4, -0.2) is 47.9 Å². The van der Waals surface area contributed by atoms with Gasteiger partial charge in [0.25, 0.3) is 0 Å². The van der Waals surface area contributed by atoms with Crippen LogP contribution in [0.2, 0.25) is 0 Å². The van der Waals surface area contributed by atoms with Crippen molar-refractivity contribution < 1.29 is 9.84 Å². The summed E-state index contributed by atoms with van der Waals surface area (Å²) in [4.78, 5) is 7.24. The molecule has 1 atom stereocenters. The monoisotopic (exact) mass is 306 g/mol. The Kier molecular flexibility index (Phi) is 6.80. The summed E-state index contributed by atoms with van der Waals surface area (Å²) < 4.78 is 5.56. The van der Waals surface area contributed by atoms with Gasteiger partial charge in [-0.25, -0.2) is 0 Å². The lowest BCUT2D eigenvalue weighted by atomic mass is 9.95. The second-order valence-corrected chi connectivity index (χ2v) is 6.49. The van der Waals surface area contributed by atoms with Gasteiger partial charge in [0.1, 0.15) is 0 Å². The number of ether oxygens (including phenoxy) is 1. The molecule has 0 amide bonds. The van der Waals surface area contributed by atoms with Crippen molar-refractivity contribution in [3.8, 4) is 0 Å². The average Bonchev–Trinajstić information content (AvgIpc) is 3.01. The van der Waals surface area contributed by atoms with E-state index in [9.17, 15) is 5.11 Å². The van der Waals surface area contributed by atoms with Gasteiger partial charge in [0.15, 0.2) is 0 Å². The van der Waals surface area contributed by atoms with E-state index < -0.39 is 0 Å². The summed E-state index contributed by atoms with van der Waals surface area (Å²) in [5, 5.41) is 9.28. The SMILES string of the molecule is CCCN(CCO)Cc1nc(C(C)C)ccc1[C@H]1CCOC1. The summed E-state index contributed by atoms with van der Waals surface area (Å²) in [6, 6.07) is 4.41. The summed E-state index contributed by atoms with van der Waals surface area (Å²) in [6.07, 6.45) is 2.18. The fourth-order valence-corrected chi connectivity index (χ4v) is 3.07. The molecule has 1 N–H and O–H groups in total. The maximum Gasteiger partial charge on any atom is 0.0583 e. The molecule has 0 unspecified atom stereocenters. The van der Waals surface area contributed by atoms with E-state index in [-0.39, 0.29) is 6.61 Å². The molecule has 0 aliphatic carbocycles. The van der Waals surface area contributed by atoms with Crippen LogP contribution in [0.1, 0.15) is 62.4 Å². The number of hydrogen-bond acceptors (Lipinski definition) is 4. The first kappa shape index (κ1) is 17.4. The summed E-state index contributed by atoms with van der Waals surface area (Å²) in [5.41, 5.74) is 3.66. The Morgan fingerprint density at radius 3 is 2.77 bits per heavy atom. The van der Waals surface area contributed by atoms with Gasteiger partial charge in [-0.3, -0.25) is 9.88 Å². The third-order valence-electron chi connectivity index (χ3n) is 4.32. The molecule has 4 nitrogen and oxygen atoms in total. The second kappa shape index (κ2) is 8.61. The van der Waals surface area contributed by atoms with Crippen LogP contribution < -0.4 is 0 Å². The molecule has 0 aromatic carbocycles. The van der Waals surface area contributed by atoms with Gasteiger partial charge >= 0.3 is 0 Å². The Morgan fingerprint density at radius 2 is 2.18 bits per heavy atom. The molecule has 0 saturated carbocycles. The number of pyridine rings is 1. The Hall–Kier alpha value is -0.970. The van der Waals surface area contributed by atoms with Crippen LogP contribution in [0.5, 0.6) is 0 Å². The van der Waals surface area contributed by atoms with Gasteiger partial charge in [-0.15, -0.1) is 0 Å². The van der Waals surface area contributed by atoms with Crippen LogP contribution in [0, 0.1) is 0 Å². The molecule has 4 heteroatoms. The van der Waals surface area contributed by atoms with E-state index in [1.54, 1.807) is 0 Å². The lowest BCUT2D eigenvalue weighted by molar-refractivity contribution is 0.186. The Morgan fingerprint density at radius 1 is 1.36 bits per heavy atom. The zero-order valence-electron chi connectivity index (χ0n) is 14.2.